The number of rotatable bonds is 1. The van der Waals surface area contributed by atoms with Crippen LogP contribution in [0.1, 0.15) is 12.1 Å². The lowest BCUT2D eigenvalue weighted by atomic mass is 10.2. The fourth-order valence-electron chi connectivity index (χ4n) is 2.89. The van der Waals surface area contributed by atoms with Gasteiger partial charge in [-0.05, 0) is 25.6 Å². The van der Waals surface area contributed by atoms with Gasteiger partial charge in [0.05, 0.1) is 0 Å². The van der Waals surface area contributed by atoms with Gasteiger partial charge in [0.1, 0.15) is 16.9 Å². The molecule has 3 rings (SSSR count). The summed E-state index contributed by atoms with van der Waals surface area (Å²) in [5, 5.41) is 9.30. The second-order valence-electron chi connectivity index (χ2n) is 4.78. The minimum Gasteiger partial charge on any atom is -0.365 e. The van der Waals surface area contributed by atoms with E-state index in [1.165, 1.54) is 6.42 Å². The molecule has 0 spiro atoms. The Balaban J connectivity index is 1.91. The van der Waals surface area contributed by atoms with E-state index >= 15 is 0 Å². The van der Waals surface area contributed by atoms with Crippen LogP contribution in [0.4, 0.5) is 5.69 Å². The highest BCUT2D eigenvalue weighted by Crippen LogP contribution is 2.34. The van der Waals surface area contributed by atoms with Gasteiger partial charge in [-0.2, -0.15) is 5.26 Å². The summed E-state index contributed by atoms with van der Waals surface area (Å²) < 4.78 is 0. The number of likely N-dealkylation sites (N-methyl/N-ethyl adjacent to an activating group) is 1. The molecule has 0 saturated carbocycles. The van der Waals surface area contributed by atoms with Crippen molar-refractivity contribution in [3.63, 3.8) is 0 Å². The molecule has 2 fully saturated rings. The highest BCUT2D eigenvalue weighted by Gasteiger charge is 2.41. The second-order valence-corrected chi connectivity index (χ2v) is 5.17. The predicted octanol–water partition coefficient (Wildman–Crippen LogP) is 1.50. The van der Waals surface area contributed by atoms with E-state index in [0.717, 1.165) is 18.8 Å². The Bertz CT molecular complexity index is 494. The molecule has 0 amide bonds. The van der Waals surface area contributed by atoms with Crippen molar-refractivity contribution in [1.29, 1.82) is 5.26 Å². The molecule has 0 aliphatic carbocycles. The highest BCUT2D eigenvalue weighted by atomic mass is 35.5. The summed E-state index contributed by atoms with van der Waals surface area (Å²) >= 11 is 5.94. The Morgan fingerprint density at radius 3 is 2.82 bits per heavy atom. The number of piperazine rings is 1. The van der Waals surface area contributed by atoms with Gasteiger partial charge in [-0.1, -0.05) is 11.6 Å². The molecular weight excluding hydrogens is 236 g/mol. The zero-order valence-electron chi connectivity index (χ0n) is 9.60. The number of hydrogen-bond donors (Lipinski definition) is 0. The lowest BCUT2D eigenvalue weighted by Crippen LogP contribution is -2.44. The first kappa shape index (κ1) is 10.8. The van der Waals surface area contributed by atoms with Gasteiger partial charge in [0.25, 0.3) is 0 Å². The van der Waals surface area contributed by atoms with Crippen molar-refractivity contribution >= 4 is 17.3 Å². The lowest BCUT2D eigenvalue weighted by molar-refractivity contribution is 0.292. The predicted molar refractivity (Wildman–Crippen MR) is 66.1 cm³/mol. The van der Waals surface area contributed by atoms with Crippen molar-refractivity contribution in [1.82, 2.24) is 9.88 Å². The van der Waals surface area contributed by atoms with E-state index < -0.39 is 0 Å². The highest BCUT2D eigenvalue weighted by molar-refractivity contribution is 6.29. The fraction of sp³-hybridized carbons (Fsp3) is 0.500. The number of nitrogens with zero attached hydrogens (tertiary/aromatic N) is 4. The molecule has 17 heavy (non-hydrogen) atoms. The van der Waals surface area contributed by atoms with Crippen LogP contribution in [-0.4, -0.2) is 42.1 Å². The van der Waals surface area contributed by atoms with Crippen LogP contribution in [0, 0.1) is 11.3 Å². The summed E-state index contributed by atoms with van der Waals surface area (Å²) in [5.74, 6) is 0. The van der Waals surface area contributed by atoms with E-state index in [4.69, 9.17) is 16.9 Å². The largest absolute Gasteiger partial charge is 0.365 e. The third kappa shape index (κ3) is 1.76. The van der Waals surface area contributed by atoms with Crippen LogP contribution >= 0.6 is 11.6 Å². The molecule has 1 aromatic rings. The van der Waals surface area contributed by atoms with Crippen molar-refractivity contribution in [2.75, 3.05) is 25.0 Å². The first-order chi connectivity index (χ1) is 8.17. The van der Waals surface area contributed by atoms with Crippen molar-refractivity contribution in [3.05, 3.63) is 23.0 Å². The van der Waals surface area contributed by atoms with Crippen LogP contribution in [0.5, 0.6) is 0 Å². The smallest absolute Gasteiger partial charge is 0.144 e. The van der Waals surface area contributed by atoms with Crippen LogP contribution < -0.4 is 4.90 Å². The molecule has 2 aliphatic heterocycles. The van der Waals surface area contributed by atoms with Crippen LogP contribution in [0.25, 0.3) is 0 Å². The molecule has 3 heterocycles. The van der Waals surface area contributed by atoms with E-state index in [9.17, 15) is 0 Å². The molecule has 1 aromatic heterocycles. The van der Waals surface area contributed by atoms with Gasteiger partial charge in [0, 0.05) is 30.9 Å². The van der Waals surface area contributed by atoms with Gasteiger partial charge >= 0.3 is 0 Å². The first-order valence-corrected chi connectivity index (χ1v) is 6.10. The Morgan fingerprint density at radius 1 is 1.41 bits per heavy atom. The second kappa shape index (κ2) is 3.86. The minimum atomic E-state index is 0.392. The van der Waals surface area contributed by atoms with Gasteiger partial charge in [-0.25, -0.2) is 4.98 Å². The maximum absolute atomic E-state index is 8.91. The van der Waals surface area contributed by atoms with E-state index in [2.05, 4.69) is 27.9 Å². The quantitative estimate of drug-likeness (QED) is 0.707. The van der Waals surface area contributed by atoms with E-state index in [0.29, 0.717) is 22.9 Å². The van der Waals surface area contributed by atoms with Gasteiger partial charge < -0.3 is 4.90 Å². The van der Waals surface area contributed by atoms with Gasteiger partial charge in [0.15, 0.2) is 0 Å². The molecule has 0 radical (unpaired) electrons. The molecule has 5 heteroatoms. The molecule has 2 atom stereocenters. The third-order valence-electron chi connectivity index (χ3n) is 3.74. The number of hydrogen-bond acceptors (Lipinski definition) is 4. The molecule has 4 nitrogen and oxygen atoms in total. The number of nitriles is 1. The first-order valence-electron chi connectivity index (χ1n) is 5.72. The molecule has 0 aromatic carbocycles. The van der Waals surface area contributed by atoms with Crippen LogP contribution in [0.3, 0.4) is 0 Å². The average Bonchev–Trinajstić information content (AvgIpc) is 2.86. The van der Waals surface area contributed by atoms with Crippen LogP contribution in [0.15, 0.2) is 12.1 Å². The summed E-state index contributed by atoms with van der Waals surface area (Å²) in [6.45, 7) is 2.11. The summed E-state index contributed by atoms with van der Waals surface area (Å²) in [4.78, 5) is 8.71. The lowest BCUT2D eigenvalue weighted by Gasteiger charge is -2.33. The number of likely N-dealkylation sites (tertiary alicyclic amines) is 1. The monoisotopic (exact) mass is 248 g/mol. The van der Waals surface area contributed by atoms with Gasteiger partial charge in [-0.15, -0.1) is 0 Å². The number of halogens is 1. The summed E-state index contributed by atoms with van der Waals surface area (Å²) in [7, 11) is 2.17. The molecule has 2 saturated heterocycles. The molecule has 2 bridgehead atoms. The summed E-state index contributed by atoms with van der Waals surface area (Å²) in [6, 6.07) is 6.92. The van der Waals surface area contributed by atoms with E-state index in [1.807, 2.05) is 12.1 Å². The van der Waals surface area contributed by atoms with E-state index in [-0.39, 0.29) is 0 Å². The van der Waals surface area contributed by atoms with Crippen LogP contribution in [-0.2, 0) is 0 Å². The van der Waals surface area contributed by atoms with Crippen molar-refractivity contribution in [3.8, 4) is 6.07 Å². The number of pyridine rings is 1. The Hall–Kier alpha value is -1.31. The standard InChI is InChI=1S/C12H13ClN4/c1-16-6-11-3-10(16)7-17(11)9-2-8(5-14)15-12(13)4-9/h2,4,10-11H,3,6-7H2,1H3. The number of fused-ring (bicyclic) bond motifs is 2. The average molecular weight is 249 g/mol. The number of anilines is 1. The maximum Gasteiger partial charge on any atom is 0.144 e. The van der Waals surface area contributed by atoms with Crippen molar-refractivity contribution in [2.24, 2.45) is 0 Å². The van der Waals surface area contributed by atoms with Crippen molar-refractivity contribution < 1.29 is 0 Å². The van der Waals surface area contributed by atoms with Gasteiger partial charge in [-0.3, -0.25) is 4.90 Å². The van der Waals surface area contributed by atoms with Gasteiger partial charge in [0.2, 0.25) is 0 Å². The molecule has 0 N–H and O–H groups in total. The maximum atomic E-state index is 8.91. The molecule has 2 unspecified atom stereocenters. The Morgan fingerprint density at radius 2 is 2.24 bits per heavy atom. The van der Waals surface area contributed by atoms with E-state index in [1.54, 1.807) is 0 Å². The minimum absolute atomic E-state index is 0.392. The van der Waals surface area contributed by atoms with Crippen molar-refractivity contribution in [2.45, 2.75) is 18.5 Å². The summed E-state index contributed by atoms with van der Waals surface area (Å²) in [5.41, 5.74) is 1.42. The SMILES string of the molecule is CN1CC2CC1CN2c1cc(Cl)nc(C#N)c1. The molecular formula is C12H13ClN4. The van der Waals surface area contributed by atoms with Crippen LogP contribution in [0.2, 0.25) is 5.15 Å². The summed E-state index contributed by atoms with van der Waals surface area (Å²) in [6.07, 6.45) is 1.21. The number of aromatic nitrogens is 1. The Labute approximate surface area is 105 Å². The zero-order valence-corrected chi connectivity index (χ0v) is 10.4. The topological polar surface area (TPSA) is 43.2 Å². The third-order valence-corrected chi connectivity index (χ3v) is 3.93. The Kier molecular flexibility index (Phi) is 2.46. The normalized spacial score (nSPS) is 27.5. The molecule has 2 aliphatic rings. The molecule has 88 valence electrons. The fourth-order valence-corrected chi connectivity index (χ4v) is 3.09. The zero-order chi connectivity index (χ0) is 12.0.